The minimum Gasteiger partial charge on any atom is -0.478 e. The number of hydrogen-bond acceptors (Lipinski definition) is 2. The van der Waals surface area contributed by atoms with E-state index in [-0.39, 0.29) is 0 Å². The second-order valence-electron chi connectivity index (χ2n) is 3.71. The van der Waals surface area contributed by atoms with E-state index in [4.69, 9.17) is 16.7 Å². The van der Waals surface area contributed by atoms with E-state index < -0.39 is 5.97 Å². The second-order valence-corrected chi connectivity index (χ2v) is 4.12. The number of carboxylic acids is 1. The van der Waals surface area contributed by atoms with Crippen LogP contribution < -0.4 is 0 Å². The molecule has 0 radical (unpaired) electrons. The Labute approximate surface area is 109 Å². The molecule has 0 aliphatic rings. The Hall–Kier alpha value is -2.07. The first-order chi connectivity index (χ1) is 8.66. The van der Waals surface area contributed by atoms with E-state index in [1.807, 2.05) is 16.8 Å². The highest BCUT2D eigenvalue weighted by atomic mass is 35.5. The molecule has 0 saturated carbocycles. The number of halogens is 1. The molecule has 0 spiro atoms. The molecule has 0 bridgehead atoms. The highest BCUT2D eigenvalue weighted by Crippen LogP contribution is 2.22. The largest absolute Gasteiger partial charge is 0.478 e. The first-order valence-electron chi connectivity index (χ1n) is 5.31. The summed E-state index contributed by atoms with van der Waals surface area (Å²) in [6.45, 7) is 0.555. The number of aromatic nitrogens is 2. The molecule has 0 aliphatic carbocycles. The topological polar surface area (TPSA) is 55.1 Å². The van der Waals surface area contributed by atoms with Crippen molar-refractivity contribution >= 4 is 23.6 Å². The van der Waals surface area contributed by atoms with Crippen LogP contribution in [0.2, 0.25) is 5.02 Å². The number of hydrogen-bond donors (Lipinski definition) is 1. The van der Waals surface area contributed by atoms with E-state index in [1.54, 1.807) is 30.7 Å². The third-order valence-corrected chi connectivity index (χ3v) is 2.81. The zero-order valence-electron chi connectivity index (χ0n) is 9.45. The molecule has 1 N–H and O–H groups in total. The number of carbonyl (C=O) groups is 1. The number of rotatable bonds is 4. The summed E-state index contributed by atoms with van der Waals surface area (Å²) < 4.78 is 1.87. The van der Waals surface area contributed by atoms with Gasteiger partial charge in [-0.25, -0.2) is 9.78 Å². The Morgan fingerprint density at radius 1 is 1.50 bits per heavy atom. The fraction of sp³-hybridized carbons (Fsp3) is 0.0769. The van der Waals surface area contributed by atoms with E-state index in [9.17, 15) is 4.79 Å². The number of benzene rings is 1. The summed E-state index contributed by atoms with van der Waals surface area (Å²) >= 11 is 6.15. The van der Waals surface area contributed by atoms with Crippen molar-refractivity contribution in [3.63, 3.8) is 0 Å². The molecule has 4 nitrogen and oxygen atoms in total. The van der Waals surface area contributed by atoms with E-state index in [2.05, 4.69) is 4.98 Å². The molecule has 0 unspecified atom stereocenters. The molecule has 92 valence electrons. The average molecular weight is 263 g/mol. The molecule has 1 heterocycles. The lowest BCUT2D eigenvalue weighted by Crippen LogP contribution is -2.00. The van der Waals surface area contributed by atoms with Gasteiger partial charge >= 0.3 is 5.97 Å². The molecule has 0 saturated heterocycles. The Kier molecular flexibility index (Phi) is 3.79. The molecule has 2 aromatic rings. The third-order valence-electron chi connectivity index (χ3n) is 2.46. The fourth-order valence-electron chi connectivity index (χ4n) is 1.62. The number of aliphatic carboxylic acids is 1. The van der Waals surface area contributed by atoms with Crippen molar-refractivity contribution in [3.8, 4) is 0 Å². The summed E-state index contributed by atoms with van der Waals surface area (Å²) in [4.78, 5) is 14.5. The van der Waals surface area contributed by atoms with E-state index in [1.165, 1.54) is 0 Å². The van der Waals surface area contributed by atoms with Crippen LogP contribution in [0.25, 0.3) is 6.08 Å². The van der Waals surface area contributed by atoms with Crippen LogP contribution in [-0.4, -0.2) is 20.6 Å². The smallest absolute Gasteiger partial charge is 0.328 e. The zero-order chi connectivity index (χ0) is 13.0. The molecular weight excluding hydrogens is 252 g/mol. The number of imidazole rings is 1. The van der Waals surface area contributed by atoms with Gasteiger partial charge < -0.3 is 9.67 Å². The fourth-order valence-corrected chi connectivity index (χ4v) is 1.86. The predicted molar refractivity (Wildman–Crippen MR) is 69.5 cm³/mol. The van der Waals surface area contributed by atoms with Gasteiger partial charge in [0.05, 0.1) is 12.9 Å². The lowest BCUT2D eigenvalue weighted by atomic mass is 10.1. The minimum atomic E-state index is -0.983. The van der Waals surface area contributed by atoms with Gasteiger partial charge in [-0.1, -0.05) is 23.7 Å². The van der Waals surface area contributed by atoms with Crippen LogP contribution in [-0.2, 0) is 11.3 Å². The van der Waals surface area contributed by atoms with Crippen molar-refractivity contribution in [2.75, 3.05) is 0 Å². The molecule has 0 fully saturated rings. The van der Waals surface area contributed by atoms with Crippen molar-refractivity contribution in [1.82, 2.24) is 9.55 Å². The first kappa shape index (κ1) is 12.4. The molecule has 1 aromatic carbocycles. The molecule has 0 aliphatic heterocycles. The van der Waals surface area contributed by atoms with Crippen molar-refractivity contribution < 1.29 is 9.90 Å². The lowest BCUT2D eigenvalue weighted by molar-refractivity contribution is -0.131. The van der Waals surface area contributed by atoms with Crippen LogP contribution in [0.1, 0.15) is 11.1 Å². The van der Waals surface area contributed by atoms with Crippen LogP contribution in [0.15, 0.2) is 43.0 Å². The zero-order valence-corrected chi connectivity index (χ0v) is 10.2. The summed E-state index contributed by atoms with van der Waals surface area (Å²) in [6, 6.07) is 5.41. The van der Waals surface area contributed by atoms with Gasteiger partial charge in [0.2, 0.25) is 0 Å². The van der Waals surface area contributed by atoms with Gasteiger partial charge in [0.1, 0.15) is 0 Å². The highest BCUT2D eigenvalue weighted by molar-refractivity contribution is 6.31. The second kappa shape index (κ2) is 5.51. The Morgan fingerprint density at radius 2 is 2.33 bits per heavy atom. The monoisotopic (exact) mass is 262 g/mol. The summed E-state index contributed by atoms with van der Waals surface area (Å²) in [5.74, 6) is -0.983. The maximum Gasteiger partial charge on any atom is 0.328 e. The standard InChI is InChI=1S/C13H11ClN2O2/c14-12-3-1-2-10(4-5-13(17)18)11(12)8-16-7-6-15-9-16/h1-7,9H,8H2,(H,17,18). The lowest BCUT2D eigenvalue weighted by Gasteiger charge is -2.09. The number of nitrogens with zero attached hydrogens (tertiary/aromatic N) is 2. The average Bonchev–Trinajstić information content (AvgIpc) is 2.82. The van der Waals surface area contributed by atoms with Gasteiger partial charge in [-0.3, -0.25) is 0 Å². The Balaban J connectivity index is 2.35. The first-order valence-corrected chi connectivity index (χ1v) is 5.69. The van der Waals surface area contributed by atoms with Crippen LogP contribution in [0.3, 0.4) is 0 Å². The molecule has 0 atom stereocenters. The van der Waals surface area contributed by atoms with Gasteiger partial charge in [0, 0.05) is 23.5 Å². The molecule has 2 rings (SSSR count). The van der Waals surface area contributed by atoms with Crippen molar-refractivity contribution in [2.24, 2.45) is 0 Å². The van der Waals surface area contributed by atoms with E-state index in [0.29, 0.717) is 11.6 Å². The maximum atomic E-state index is 10.6. The minimum absolute atomic E-state index is 0.555. The van der Waals surface area contributed by atoms with Gasteiger partial charge in [0.15, 0.2) is 0 Å². The van der Waals surface area contributed by atoms with Gasteiger partial charge in [0.25, 0.3) is 0 Å². The molecule has 1 aromatic heterocycles. The van der Waals surface area contributed by atoms with Gasteiger partial charge in [-0.2, -0.15) is 0 Å². The SMILES string of the molecule is O=C(O)C=Cc1cccc(Cl)c1Cn1ccnc1. The molecule has 18 heavy (non-hydrogen) atoms. The normalized spacial score (nSPS) is 10.9. The quantitative estimate of drug-likeness (QED) is 0.862. The van der Waals surface area contributed by atoms with Gasteiger partial charge in [-0.15, -0.1) is 0 Å². The van der Waals surface area contributed by atoms with Gasteiger partial charge in [-0.05, 0) is 23.3 Å². The summed E-state index contributed by atoms with van der Waals surface area (Å²) in [6.07, 6.45) is 7.84. The number of carboxylic acid groups (broad SMARTS) is 1. The summed E-state index contributed by atoms with van der Waals surface area (Å²) in [5, 5.41) is 9.26. The Morgan fingerprint density at radius 3 is 3.00 bits per heavy atom. The third kappa shape index (κ3) is 2.99. The van der Waals surface area contributed by atoms with Crippen LogP contribution in [0, 0.1) is 0 Å². The van der Waals surface area contributed by atoms with Crippen molar-refractivity contribution in [3.05, 3.63) is 59.1 Å². The van der Waals surface area contributed by atoms with Crippen LogP contribution in [0.4, 0.5) is 0 Å². The summed E-state index contributed by atoms with van der Waals surface area (Å²) in [5.41, 5.74) is 1.66. The highest BCUT2D eigenvalue weighted by Gasteiger charge is 2.06. The van der Waals surface area contributed by atoms with Crippen molar-refractivity contribution in [1.29, 1.82) is 0 Å². The summed E-state index contributed by atoms with van der Waals surface area (Å²) in [7, 11) is 0. The Bertz CT molecular complexity index is 577. The molecule has 0 amide bonds. The maximum absolute atomic E-state index is 10.6. The van der Waals surface area contributed by atoms with Crippen LogP contribution in [0.5, 0.6) is 0 Å². The van der Waals surface area contributed by atoms with E-state index in [0.717, 1.165) is 17.2 Å². The predicted octanol–water partition coefficient (Wildman–Crippen LogP) is 2.68. The molecular formula is C13H11ClN2O2. The van der Waals surface area contributed by atoms with Crippen LogP contribution >= 0.6 is 11.6 Å². The van der Waals surface area contributed by atoms with Crippen molar-refractivity contribution in [2.45, 2.75) is 6.54 Å². The van der Waals surface area contributed by atoms with E-state index >= 15 is 0 Å². The molecule has 5 heteroatoms.